The molecule has 3 aliphatic rings. The van der Waals surface area contributed by atoms with Gasteiger partial charge in [-0.3, -0.25) is 0 Å². The summed E-state index contributed by atoms with van der Waals surface area (Å²) >= 11 is 0. The molecule has 44 heavy (non-hydrogen) atoms. The van der Waals surface area contributed by atoms with Crippen LogP contribution >= 0.6 is 0 Å². The van der Waals surface area contributed by atoms with E-state index >= 15 is 0 Å². The molecule has 0 fully saturated rings. The van der Waals surface area contributed by atoms with Crippen molar-refractivity contribution in [2.24, 2.45) is 0 Å². The fourth-order valence-corrected chi connectivity index (χ4v) is 8.36. The molecule has 1 atom stereocenters. The third-order valence-electron chi connectivity index (χ3n) is 10.2. The van der Waals surface area contributed by atoms with Gasteiger partial charge in [-0.05, 0) is 48.1 Å². The first-order valence-corrected chi connectivity index (χ1v) is 16.1. The minimum atomic E-state index is -0.588. The zero-order chi connectivity index (χ0) is 30.1. The van der Waals surface area contributed by atoms with Crippen molar-refractivity contribution < 1.29 is 13.9 Å². The van der Waals surface area contributed by atoms with Gasteiger partial charge in [0, 0.05) is 28.8 Å². The summed E-state index contributed by atoms with van der Waals surface area (Å²) in [6.45, 7) is 13.8. The van der Waals surface area contributed by atoms with Gasteiger partial charge < -0.3 is 4.74 Å². The first-order chi connectivity index (χ1) is 21.4. The van der Waals surface area contributed by atoms with Crippen LogP contribution in [0.15, 0.2) is 97.2 Å². The number of ether oxygens (including phenoxy) is 1. The predicted octanol–water partition coefficient (Wildman–Crippen LogP) is 8.80. The number of aromatic nitrogens is 3. The minimum Gasteiger partial charge on any atom is -0.448 e. The number of benzene rings is 4. The Morgan fingerprint density at radius 1 is 0.659 bits per heavy atom. The van der Waals surface area contributed by atoms with Gasteiger partial charge in [0.25, 0.3) is 0 Å². The lowest BCUT2D eigenvalue weighted by atomic mass is 9.81. The number of para-hydroxylation sites is 2. The number of rotatable bonds is 4. The summed E-state index contributed by atoms with van der Waals surface area (Å²) in [7, 11) is 0. The van der Waals surface area contributed by atoms with Gasteiger partial charge in [0.1, 0.15) is 5.69 Å². The average molecular weight is 576 g/mol. The molecular weight excluding hydrogens is 538 g/mol. The van der Waals surface area contributed by atoms with Crippen molar-refractivity contribution in [3.8, 4) is 34.1 Å². The number of fused-ring (bicyclic) bond motifs is 7. The molecule has 5 heterocycles. The van der Waals surface area contributed by atoms with Crippen LogP contribution < -0.4 is 13.9 Å². The zero-order valence-electron chi connectivity index (χ0n) is 26.2. The standard InChI is InChI=1S/C40H37N3O/c1-23(2)26-14-11-15-27(24(3)4)35(26)42-33-18-12-19-34-37(33)43-36-31(21-20-28(25(5)6)38(36)44-34)40(39(42)43)30-16-8-7-13-29(30)32-17-9-10-22-41(32)40/h7-25H,1-6H3/q+2. The van der Waals surface area contributed by atoms with Crippen LogP contribution in [0, 0.1) is 0 Å². The summed E-state index contributed by atoms with van der Waals surface area (Å²) < 4.78 is 14.7. The molecule has 3 aliphatic heterocycles. The topological polar surface area (TPSA) is 21.9 Å². The fourth-order valence-electron chi connectivity index (χ4n) is 8.36. The highest BCUT2D eigenvalue weighted by molar-refractivity contribution is 5.87. The van der Waals surface area contributed by atoms with Crippen LogP contribution in [0.5, 0.6) is 11.5 Å². The van der Waals surface area contributed by atoms with E-state index in [4.69, 9.17) is 4.74 Å². The summed E-state index contributed by atoms with van der Waals surface area (Å²) in [6, 6.07) is 33.8. The first kappa shape index (κ1) is 25.8. The monoisotopic (exact) mass is 575 g/mol. The summed E-state index contributed by atoms with van der Waals surface area (Å²) in [5.41, 5.74) is 13.3. The average Bonchev–Trinajstić information content (AvgIpc) is 3.63. The third-order valence-corrected chi connectivity index (χ3v) is 10.2. The highest BCUT2D eigenvalue weighted by atomic mass is 16.5. The number of imidazole rings is 1. The zero-order valence-corrected chi connectivity index (χ0v) is 26.2. The van der Waals surface area contributed by atoms with Crippen LogP contribution in [-0.4, -0.2) is 4.57 Å². The highest BCUT2D eigenvalue weighted by Gasteiger charge is 2.69. The van der Waals surface area contributed by atoms with Gasteiger partial charge in [-0.1, -0.05) is 90.1 Å². The highest BCUT2D eigenvalue weighted by Crippen LogP contribution is 2.56. The molecule has 0 radical (unpaired) electrons. The van der Waals surface area contributed by atoms with E-state index in [2.05, 4.69) is 152 Å². The van der Waals surface area contributed by atoms with Gasteiger partial charge in [-0.15, -0.1) is 0 Å². The number of hydrogen-bond donors (Lipinski definition) is 0. The molecule has 1 unspecified atom stereocenters. The molecule has 9 rings (SSSR count). The summed E-state index contributed by atoms with van der Waals surface area (Å²) in [6.07, 6.45) is 2.28. The van der Waals surface area contributed by atoms with E-state index in [1.165, 1.54) is 61.8 Å². The van der Waals surface area contributed by atoms with Crippen LogP contribution in [0.2, 0.25) is 0 Å². The van der Waals surface area contributed by atoms with Crippen molar-refractivity contribution in [3.63, 3.8) is 0 Å². The number of hydrogen-bond acceptors (Lipinski definition) is 1. The molecule has 0 amide bonds. The lowest BCUT2D eigenvalue weighted by molar-refractivity contribution is -0.733. The molecular formula is C40H37N3O+2. The van der Waals surface area contributed by atoms with Crippen molar-refractivity contribution in [3.05, 3.63) is 131 Å². The lowest BCUT2D eigenvalue weighted by Crippen LogP contribution is -2.57. The Bertz CT molecular complexity index is 2130. The third kappa shape index (κ3) is 2.89. The van der Waals surface area contributed by atoms with Crippen molar-refractivity contribution in [2.75, 3.05) is 0 Å². The molecule has 0 aliphatic carbocycles. The smallest absolute Gasteiger partial charge is 0.352 e. The van der Waals surface area contributed by atoms with Crippen molar-refractivity contribution >= 4 is 11.0 Å². The van der Waals surface area contributed by atoms with Gasteiger partial charge in [-0.2, -0.15) is 13.7 Å². The normalized spacial score (nSPS) is 16.8. The fraction of sp³-hybridized carbons (Fsp3) is 0.250. The largest absolute Gasteiger partial charge is 0.448 e. The molecule has 0 bridgehead atoms. The van der Waals surface area contributed by atoms with Gasteiger partial charge in [0.15, 0.2) is 28.9 Å². The van der Waals surface area contributed by atoms with E-state index in [-0.39, 0.29) is 0 Å². The second-order valence-corrected chi connectivity index (χ2v) is 13.6. The Labute approximate surface area is 258 Å². The summed E-state index contributed by atoms with van der Waals surface area (Å²) in [5.74, 6) is 4.18. The molecule has 0 saturated heterocycles. The molecule has 216 valence electrons. The Morgan fingerprint density at radius 2 is 1.36 bits per heavy atom. The molecule has 0 saturated carbocycles. The molecule has 6 aromatic rings. The van der Waals surface area contributed by atoms with Crippen LogP contribution in [0.1, 0.15) is 92.9 Å². The Balaban J connectivity index is 1.58. The van der Waals surface area contributed by atoms with Crippen LogP contribution in [0.25, 0.3) is 33.7 Å². The molecule has 4 aromatic carbocycles. The first-order valence-electron chi connectivity index (χ1n) is 16.1. The Kier molecular flexibility index (Phi) is 5.09. The maximum atomic E-state index is 7.00. The maximum absolute atomic E-state index is 7.00. The predicted molar refractivity (Wildman–Crippen MR) is 175 cm³/mol. The second kappa shape index (κ2) is 8.69. The minimum absolute atomic E-state index is 0.323. The molecule has 1 spiro atoms. The van der Waals surface area contributed by atoms with E-state index < -0.39 is 5.54 Å². The summed E-state index contributed by atoms with van der Waals surface area (Å²) in [5, 5.41) is 0. The number of pyridine rings is 1. The Hall–Kier alpha value is -4.70. The Morgan fingerprint density at radius 3 is 2.11 bits per heavy atom. The van der Waals surface area contributed by atoms with Crippen LogP contribution in [0.3, 0.4) is 0 Å². The summed E-state index contributed by atoms with van der Waals surface area (Å²) in [4.78, 5) is 0. The molecule has 4 nitrogen and oxygen atoms in total. The quantitative estimate of drug-likeness (QED) is 0.192. The second-order valence-electron chi connectivity index (χ2n) is 13.6. The van der Waals surface area contributed by atoms with Gasteiger partial charge in [0.2, 0.25) is 11.2 Å². The van der Waals surface area contributed by atoms with Crippen LogP contribution in [0.4, 0.5) is 0 Å². The van der Waals surface area contributed by atoms with Crippen molar-refractivity contribution in [1.82, 2.24) is 4.57 Å². The molecule has 4 heteroatoms. The van der Waals surface area contributed by atoms with Gasteiger partial charge >= 0.3 is 11.4 Å². The van der Waals surface area contributed by atoms with Gasteiger partial charge in [-0.25, -0.2) is 0 Å². The van der Waals surface area contributed by atoms with E-state index in [0.29, 0.717) is 17.8 Å². The van der Waals surface area contributed by atoms with E-state index in [1.54, 1.807) is 0 Å². The van der Waals surface area contributed by atoms with Crippen molar-refractivity contribution in [2.45, 2.75) is 64.8 Å². The lowest BCUT2D eigenvalue weighted by Gasteiger charge is -2.23. The van der Waals surface area contributed by atoms with Gasteiger partial charge in [0.05, 0.1) is 16.7 Å². The van der Waals surface area contributed by atoms with Crippen LogP contribution in [-0.2, 0) is 5.54 Å². The van der Waals surface area contributed by atoms with Crippen molar-refractivity contribution in [1.29, 1.82) is 0 Å². The molecule has 0 N–H and O–H groups in total. The molecule has 2 aromatic heterocycles. The maximum Gasteiger partial charge on any atom is 0.352 e. The van der Waals surface area contributed by atoms with E-state index in [1.807, 2.05) is 0 Å². The SMILES string of the molecule is CC(C)c1ccc2c3c1Oc1cccc4c1[n+]-3c(n4-c1c(C(C)C)cccc1C(C)C)C21c2ccccc2-c2cccc[n+]21. The van der Waals surface area contributed by atoms with E-state index in [9.17, 15) is 0 Å². The van der Waals surface area contributed by atoms with E-state index in [0.717, 1.165) is 17.0 Å². The number of nitrogens with zero attached hydrogens (tertiary/aromatic N) is 3.